The second-order valence-corrected chi connectivity index (χ2v) is 19.5. The molecule has 5 aliphatic rings. The van der Waals surface area contributed by atoms with E-state index in [-0.39, 0.29) is 60.4 Å². The molecule has 4 N–H and O–H groups in total. The zero-order valence-electron chi connectivity index (χ0n) is 33.5. The highest BCUT2D eigenvalue weighted by Gasteiger charge is 2.70. The van der Waals surface area contributed by atoms with Crippen LogP contribution < -0.4 is 21.3 Å². The Morgan fingerprint density at radius 2 is 1.47 bits per heavy atom. The van der Waals surface area contributed by atoms with E-state index >= 15 is 0 Å². The van der Waals surface area contributed by atoms with E-state index in [1.165, 1.54) is 4.90 Å². The van der Waals surface area contributed by atoms with E-state index in [4.69, 9.17) is 0 Å². The number of nitrogens with one attached hydrogen (secondary N) is 4. The van der Waals surface area contributed by atoms with Gasteiger partial charge in [0.15, 0.2) is 0 Å². The average molecular weight is 741 g/mol. The third-order valence-electron chi connectivity index (χ3n) is 12.9. The first-order valence-corrected chi connectivity index (χ1v) is 20.0. The van der Waals surface area contributed by atoms with Gasteiger partial charge in [0, 0.05) is 32.0 Å². The number of carbonyl (C=O) groups is 7. The van der Waals surface area contributed by atoms with E-state index in [9.17, 15) is 33.6 Å². The molecule has 53 heavy (non-hydrogen) atoms. The summed E-state index contributed by atoms with van der Waals surface area (Å²) < 4.78 is 0. The normalized spacial score (nSPS) is 27.5. The summed E-state index contributed by atoms with van der Waals surface area (Å²) in [6.45, 7) is 18.0. The van der Waals surface area contributed by atoms with Gasteiger partial charge in [-0.15, -0.1) is 0 Å². The van der Waals surface area contributed by atoms with Crippen molar-refractivity contribution in [2.75, 3.05) is 13.1 Å². The first-order chi connectivity index (χ1) is 24.6. The molecule has 2 aliphatic heterocycles. The molecule has 13 heteroatoms. The van der Waals surface area contributed by atoms with E-state index in [0.29, 0.717) is 32.2 Å². The van der Waals surface area contributed by atoms with E-state index in [1.807, 2.05) is 48.5 Å². The van der Waals surface area contributed by atoms with Gasteiger partial charge in [0.05, 0.1) is 12.1 Å². The topological polar surface area (TPSA) is 174 Å². The first-order valence-electron chi connectivity index (χ1n) is 20.0. The number of ketones is 1. The average Bonchev–Trinajstić information content (AvgIpc) is 3.90. The van der Waals surface area contributed by atoms with Crippen molar-refractivity contribution in [3.63, 3.8) is 0 Å². The number of likely N-dealkylation sites (tertiary alicyclic amines) is 2. The molecule has 3 saturated carbocycles. The second kappa shape index (κ2) is 15.0. The maximum absolute atomic E-state index is 14.9. The highest BCUT2D eigenvalue weighted by atomic mass is 16.2. The number of Topliss-reactive ketones (excluding diaryl/α,β-unsaturated/α-hetero) is 1. The molecule has 3 aliphatic carbocycles. The molecule has 6 atom stereocenters. The van der Waals surface area contributed by atoms with Gasteiger partial charge >= 0.3 is 6.03 Å². The Kier molecular flexibility index (Phi) is 11.5. The second-order valence-electron chi connectivity index (χ2n) is 19.5. The van der Waals surface area contributed by atoms with Crippen molar-refractivity contribution in [1.29, 1.82) is 0 Å². The van der Waals surface area contributed by atoms with Crippen molar-refractivity contribution in [3.8, 4) is 0 Å². The lowest BCUT2D eigenvalue weighted by molar-refractivity contribution is -0.153. The Morgan fingerprint density at radius 3 is 2.02 bits per heavy atom. The number of carbonyl (C=O) groups excluding carboxylic acids is 7. The Labute approximate surface area is 315 Å². The van der Waals surface area contributed by atoms with Crippen LogP contribution in [-0.2, 0) is 28.8 Å². The van der Waals surface area contributed by atoms with Crippen molar-refractivity contribution >= 4 is 41.4 Å². The third-order valence-corrected chi connectivity index (χ3v) is 12.9. The minimum atomic E-state index is -1.00. The molecule has 2 unspecified atom stereocenters. The Balaban J connectivity index is 1.36. The minimum absolute atomic E-state index is 0.00372. The van der Waals surface area contributed by atoms with Gasteiger partial charge in [0.1, 0.15) is 12.1 Å². The van der Waals surface area contributed by atoms with Crippen molar-refractivity contribution in [2.24, 2.45) is 33.5 Å². The van der Waals surface area contributed by atoms with Crippen LogP contribution in [0.1, 0.15) is 133 Å². The molecule has 5 fully saturated rings. The van der Waals surface area contributed by atoms with Gasteiger partial charge in [-0.2, -0.15) is 0 Å². The van der Waals surface area contributed by atoms with Crippen molar-refractivity contribution in [1.82, 2.24) is 31.1 Å². The molecule has 0 bridgehead atoms. The van der Waals surface area contributed by atoms with Gasteiger partial charge in [-0.1, -0.05) is 88.0 Å². The number of urea groups is 1. The van der Waals surface area contributed by atoms with E-state index < -0.39 is 64.0 Å². The molecular weight excluding hydrogens is 676 g/mol. The number of nitrogens with zero attached hydrogens (tertiary/aromatic N) is 2. The number of hydrogen-bond acceptors (Lipinski definition) is 7. The van der Waals surface area contributed by atoms with Crippen molar-refractivity contribution in [2.45, 2.75) is 163 Å². The van der Waals surface area contributed by atoms with E-state index in [2.05, 4.69) is 35.1 Å². The van der Waals surface area contributed by atoms with Gasteiger partial charge in [-0.05, 0) is 65.6 Å². The van der Waals surface area contributed by atoms with E-state index in [1.54, 1.807) is 4.90 Å². The minimum Gasteiger partial charge on any atom is -0.347 e. The fraction of sp³-hybridized carbons (Fsp3) is 0.825. The standard InChI is InChI=1S/C40H64N6O7/c1-10-14-25(31(49)34(51)41-23-15-16-23)42-33(50)30-29-24(39(29,7)8)21-46(30)35(52)32(40(9)17-12-11-13-18-40)44-36(53)43-26(37(2,3)4)22-45-27(47)19-38(5,6)20-28(45)48/h23-26,29-30,32H,10-22H2,1-9H3,(H,41,51)(H,42,50)(H2,43,44,53)/t24-,25?,26+,29-,30?,32+/m0/s1. The summed E-state index contributed by atoms with van der Waals surface area (Å²) in [6.07, 6.45) is 7.26. The maximum Gasteiger partial charge on any atom is 0.315 e. The fourth-order valence-electron chi connectivity index (χ4n) is 9.08. The van der Waals surface area contributed by atoms with Gasteiger partial charge in [-0.25, -0.2) is 4.79 Å². The molecule has 0 radical (unpaired) electrons. The number of rotatable bonds is 13. The quantitative estimate of drug-likeness (QED) is 0.164. The lowest BCUT2D eigenvalue weighted by atomic mass is 9.70. The molecule has 0 aromatic heterocycles. The van der Waals surface area contributed by atoms with Crippen molar-refractivity contribution < 1.29 is 33.6 Å². The van der Waals surface area contributed by atoms with Crippen molar-refractivity contribution in [3.05, 3.63) is 0 Å². The highest BCUT2D eigenvalue weighted by molar-refractivity contribution is 6.38. The number of hydrogen-bond donors (Lipinski definition) is 4. The summed E-state index contributed by atoms with van der Waals surface area (Å²) in [6, 6.07) is -3.98. The summed E-state index contributed by atoms with van der Waals surface area (Å²) in [5.41, 5.74) is -1.74. The maximum atomic E-state index is 14.9. The first kappa shape index (κ1) is 40.7. The fourth-order valence-corrected chi connectivity index (χ4v) is 9.08. The Bertz CT molecular complexity index is 1470. The number of fused-ring (bicyclic) bond motifs is 1. The smallest absolute Gasteiger partial charge is 0.315 e. The van der Waals surface area contributed by atoms with Crippen LogP contribution in [0, 0.1) is 33.5 Å². The third kappa shape index (κ3) is 8.90. The van der Waals surface area contributed by atoms with Crippen LogP contribution >= 0.6 is 0 Å². The molecule has 2 heterocycles. The molecule has 296 valence electrons. The van der Waals surface area contributed by atoms with Gasteiger partial charge < -0.3 is 26.2 Å². The Morgan fingerprint density at radius 1 is 0.868 bits per heavy atom. The summed E-state index contributed by atoms with van der Waals surface area (Å²) >= 11 is 0. The molecule has 0 aromatic carbocycles. The summed E-state index contributed by atoms with van der Waals surface area (Å²) in [4.78, 5) is 98.0. The zero-order valence-corrected chi connectivity index (χ0v) is 33.5. The predicted octanol–water partition coefficient (Wildman–Crippen LogP) is 3.83. The molecule has 0 aromatic rings. The molecule has 0 spiro atoms. The summed E-state index contributed by atoms with van der Waals surface area (Å²) in [7, 11) is 0. The number of amides is 7. The predicted molar refractivity (Wildman–Crippen MR) is 199 cm³/mol. The Hall–Kier alpha value is -3.51. The molecular formula is C40H64N6O7. The summed E-state index contributed by atoms with van der Waals surface area (Å²) in [5.74, 6) is -2.75. The molecule has 13 nitrogen and oxygen atoms in total. The lowest BCUT2D eigenvalue weighted by Gasteiger charge is -2.44. The van der Waals surface area contributed by atoms with Gasteiger partial charge in [0.2, 0.25) is 29.4 Å². The summed E-state index contributed by atoms with van der Waals surface area (Å²) in [5, 5.41) is 11.7. The highest BCUT2D eigenvalue weighted by Crippen LogP contribution is 2.65. The van der Waals surface area contributed by atoms with Crippen LogP contribution in [-0.4, -0.2) is 94.4 Å². The van der Waals surface area contributed by atoms with Crippen LogP contribution in [0.3, 0.4) is 0 Å². The van der Waals surface area contributed by atoms with Gasteiger partial charge in [-0.3, -0.25) is 33.7 Å². The largest absolute Gasteiger partial charge is 0.347 e. The van der Waals surface area contributed by atoms with Crippen LogP contribution in [0.25, 0.3) is 0 Å². The zero-order chi connectivity index (χ0) is 39.3. The molecule has 2 saturated heterocycles. The lowest BCUT2D eigenvalue weighted by Crippen LogP contribution is -2.64. The molecule has 7 amide bonds. The number of piperidine rings is 2. The van der Waals surface area contributed by atoms with Crippen LogP contribution in [0.4, 0.5) is 4.79 Å². The van der Waals surface area contributed by atoms with Crippen LogP contribution in [0.2, 0.25) is 0 Å². The van der Waals surface area contributed by atoms with E-state index in [0.717, 1.165) is 32.1 Å². The monoisotopic (exact) mass is 740 g/mol. The molecule has 5 rings (SSSR count). The SMILES string of the molecule is CCCC(NC(=O)C1[C@@H]2[C@H](CN1C(=O)[C@@H](NC(=O)N[C@H](CN1C(=O)CC(C)(C)CC1=O)C(C)(C)C)C1(C)CCCCC1)C2(C)C)C(=O)C(=O)NC1CC1. The number of imide groups is 1. The van der Waals surface area contributed by atoms with Crippen LogP contribution in [0.15, 0.2) is 0 Å². The van der Waals surface area contributed by atoms with Crippen LogP contribution in [0.5, 0.6) is 0 Å². The van der Waals surface area contributed by atoms with Gasteiger partial charge in [0.25, 0.3) is 5.91 Å².